The molecule has 4 nitrogen and oxygen atoms in total. The topological polar surface area (TPSA) is 66.4 Å². The van der Waals surface area contributed by atoms with Crippen molar-refractivity contribution in [2.24, 2.45) is 0 Å². The van der Waals surface area contributed by atoms with Gasteiger partial charge < -0.3 is 10.4 Å². The minimum absolute atomic E-state index is 0.0716. The summed E-state index contributed by atoms with van der Waals surface area (Å²) in [4.78, 5) is 23.5. The van der Waals surface area contributed by atoms with Crippen LogP contribution in [-0.4, -0.2) is 17.0 Å². The molecule has 0 aliphatic rings. The molecular weight excluding hydrogens is 408 g/mol. The lowest BCUT2D eigenvalue weighted by atomic mass is 9.92. The molecule has 0 fully saturated rings. The number of carboxylic acid groups (broad SMARTS) is 1. The van der Waals surface area contributed by atoms with E-state index in [0.29, 0.717) is 31.3 Å². The molecule has 1 atom stereocenters. The zero-order chi connectivity index (χ0) is 18.6. The van der Waals surface area contributed by atoms with Gasteiger partial charge in [0.25, 0.3) is 0 Å². The first-order valence-corrected chi connectivity index (χ1v) is 8.68. The quantitative estimate of drug-likeness (QED) is 0.612. The standard InChI is InChI=1S/C17H13Cl4NO3/c18-10-1-2-14(15(21)8-10)9(4-17(24)25)3-16(23)22-13-6-11(19)5-12(20)7-13/h1-2,5-9H,3-4H2,(H,22,23)(H,24,25). The van der Waals surface area contributed by atoms with Gasteiger partial charge in [0, 0.05) is 38.1 Å². The molecule has 0 aliphatic heterocycles. The first-order chi connectivity index (χ1) is 11.7. The fraction of sp³-hybridized carbons (Fsp3) is 0.176. The predicted molar refractivity (Wildman–Crippen MR) is 101 cm³/mol. The largest absolute Gasteiger partial charge is 0.481 e. The number of carbonyl (C=O) groups is 2. The van der Waals surface area contributed by atoms with Crippen LogP contribution in [0.4, 0.5) is 5.69 Å². The van der Waals surface area contributed by atoms with E-state index in [4.69, 9.17) is 51.5 Å². The number of rotatable bonds is 6. The van der Waals surface area contributed by atoms with E-state index in [1.165, 1.54) is 6.07 Å². The number of hydrogen-bond acceptors (Lipinski definition) is 2. The number of hydrogen-bond donors (Lipinski definition) is 2. The van der Waals surface area contributed by atoms with Gasteiger partial charge in [-0.05, 0) is 35.9 Å². The molecular formula is C17H13Cl4NO3. The summed E-state index contributed by atoms with van der Waals surface area (Å²) < 4.78 is 0. The lowest BCUT2D eigenvalue weighted by molar-refractivity contribution is -0.137. The highest BCUT2D eigenvalue weighted by Gasteiger charge is 2.22. The van der Waals surface area contributed by atoms with Crippen LogP contribution < -0.4 is 5.32 Å². The van der Waals surface area contributed by atoms with Crippen molar-refractivity contribution in [2.75, 3.05) is 5.32 Å². The van der Waals surface area contributed by atoms with Crippen molar-refractivity contribution in [1.82, 2.24) is 0 Å². The van der Waals surface area contributed by atoms with Gasteiger partial charge in [-0.15, -0.1) is 0 Å². The van der Waals surface area contributed by atoms with E-state index in [-0.39, 0.29) is 18.7 Å². The number of benzene rings is 2. The van der Waals surface area contributed by atoms with Crippen LogP contribution in [0.15, 0.2) is 36.4 Å². The van der Waals surface area contributed by atoms with E-state index in [9.17, 15) is 9.59 Å². The maximum atomic E-state index is 12.3. The molecule has 1 unspecified atom stereocenters. The molecule has 2 N–H and O–H groups in total. The van der Waals surface area contributed by atoms with E-state index in [0.717, 1.165) is 0 Å². The van der Waals surface area contributed by atoms with E-state index < -0.39 is 11.9 Å². The van der Waals surface area contributed by atoms with E-state index in [1.807, 2.05) is 0 Å². The average molecular weight is 421 g/mol. The van der Waals surface area contributed by atoms with Crippen molar-refractivity contribution < 1.29 is 14.7 Å². The number of carbonyl (C=O) groups excluding carboxylic acids is 1. The number of aliphatic carboxylic acids is 1. The highest BCUT2D eigenvalue weighted by Crippen LogP contribution is 2.32. The van der Waals surface area contributed by atoms with Crippen LogP contribution in [0, 0.1) is 0 Å². The van der Waals surface area contributed by atoms with E-state index in [1.54, 1.807) is 30.3 Å². The van der Waals surface area contributed by atoms with Crippen LogP contribution in [0.2, 0.25) is 20.1 Å². The smallest absolute Gasteiger partial charge is 0.303 e. The molecule has 0 radical (unpaired) electrons. The summed E-state index contributed by atoms with van der Waals surface area (Å²) in [5.74, 6) is -2.01. The van der Waals surface area contributed by atoms with E-state index >= 15 is 0 Å². The fourth-order valence-electron chi connectivity index (χ4n) is 2.40. The average Bonchev–Trinajstić information content (AvgIpc) is 2.44. The van der Waals surface area contributed by atoms with Crippen molar-refractivity contribution in [3.8, 4) is 0 Å². The van der Waals surface area contributed by atoms with Gasteiger partial charge in [0.2, 0.25) is 5.91 Å². The van der Waals surface area contributed by atoms with Crippen LogP contribution in [0.3, 0.4) is 0 Å². The van der Waals surface area contributed by atoms with Gasteiger partial charge in [-0.2, -0.15) is 0 Å². The van der Waals surface area contributed by atoms with Gasteiger partial charge in [-0.3, -0.25) is 9.59 Å². The summed E-state index contributed by atoms with van der Waals surface area (Å²) in [6.45, 7) is 0. The Morgan fingerprint density at radius 2 is 1.56 bits per heavy atom. The molecule has 2 aromatic carbocycles. The summed E-state index contributed by atoms with van der Waals surface area (Å²) in [5.41, 5.74) is 0.978. The lowest BCUT2D eigenvalue weighted by Crippen LogP contribution is -2.18. The Labute approximate surface area is 164 Å². The molecule has 0 aliphatic carbocycles. The summed E-state index contributed by atoms with van der Waals surface area (Å²) in [7, 11) is 0. The first-order valence-electron chi connectivity index (χ1n) is 7.17. The monoisotopic (exact) mass is 419 g/mol. The summed E-state index contributed by atoms with van der Waals surface area (Å²) in [6, 6.07) is 9.38. The third-order valence-electron chi connectivity index (χ3n) is 3.40. The Hall–Kier alpha value is -1.46. The van der Waals surface area contributed by atoms with Gasteiger partial charge in [-0.25, -0.2) is 0 Å². The van der Waals surface area contributed by atoms with Gasteiger partial charge in [0.1, 0.15) is 0 Å². The third kappa shape index (κ3) is 6.08. The molecule has 2 rings (SSSR count). The number of nitrogens with one attached hydrogen (secondary N) is 1. The van der Waals surface area contributed by atoms with Crippen molar-refractivity contribution in [1.29, 1.82) is 0 Å². The number of amides is 1. The molecule has 0 heterocycles. The van der Waals surface area contributed by atoms with Gasteiger partial charge >= 0.3 is 5.97 Å². The van der Waals surface area contributed by atoms with Crippen LogP contribution >= 0.6 is 46.4 Å². The summed E-state index contributed by atoms with van der Waals surface area (Å²) in [5, 5.41) is 13.3. The first kappa shape index (κ1) is 19.9. The Morgan fingerprint density at radius 3 is 2.12 bits per heavy atom. The van der Waals surface area contributed by atoms with Crippen molar-refractivity contribution in [2.45, 2.75) is 18.8 Å². The Balaban J connectivity index is 2.18. The number of carboxylic acids is 1. The molecule has 0 saturated carbocycles. The molecule has 0 aromatic heterocycles. The highest BCUT2D eigenvalue weighted by atomic mass is 35.5. The van der Waals surface area contributed by atoms with Crippen LogP contribution in [0.1, 0.15) is 24.3 Å². The Kier molecular flexibility index (Phi) is 6.96. The molecule has 8 heteroatoms. The number of anilines is 1. The van der Waals surface area contributed by atoms with Gasteiger partial charge in [-0.1, -0.05) is 52.5 Å². The molecule has 25 heavy (non-hydrogen) atoms. The fourth-order valence-corrected chi connectivity index (χ4v) is 3.49. The second-order valence-electron chi connectivity index (χ2n) is 5.37. The normalized spacial score (nSPS) is 11.8. The van der Waals surface area contributed by atoms with Gasteiger partial charge in [0.15, 0.2) is 0 Å². The third-order valence-corrected chi connectivity index (χ3v) is 4.40. The molecule has 0 bridgehead atoms. The maximum Gasteiger partial charge on any atom is 0.303 e. The predicted octanol–water partition coefficient (Wildman–Crippen LogP) is 5.89. The minimum Gasteiger partial charge on any atom is -0.481 e. The summed E-state index contributed by atoms with van der Waals surface area (Å²) >= 11 is 23.8. The zero-order valence-corrected chi connectivity index (χ0v) is 15.8. The summed E-state index contributed by atoms with van der Waals surface area (Å²) in [6.07, 6.45) is -0.317. The van der Waals surface area contributed by atoms with Crippen LogP contribution in [0.5, 0.6) is 0 Å². The number of halogens is 4. The van der Waals surface area contributed by atoms with Crippen LogP contribution in [0.25, 0.3) is 0 Å². The molecule has 132 valence electrons. The van der Waals surface area contributed by atoms with Crippen molar-refractivity contribution in [3.63, 3.8) is 0 Å². The molecule has 0 spiro atoms. The Bertz CT molecular complexity index is 790. The van der Waals surface area contributed by atoms with E-state index in [2.05, 4.69) is 5.32 Å². The molecule has 2 aromatic rings. The van der Waals surface area contributed by atoms with Crippen molar-refractivity contribution >= 4 is 64.0 Å². The zero-order valence-electron chi connectivity index (χ0n) is 12.7. The van der Waals surface area contributed by atoms with Crippen LogP contribution in [-0.2, 0) is 9.59 Å². The minimum atomic E-state index is -1.03. The molecule has 1 amide bonds. The highest BCUT2D eigenvalue weighted by molar-refractivity contribution is 6.35. The second-order valence-corrected chi connectivity index (χ2v) is 7.09. The van der Waals surface area contributed by atoms with Gasteiger partial charge in [0.05, 0.1) is 6.42 Å². The van der Waals surface area contributed by atoms with Crippen molar-refractivity contribution in [3.05, 3.63) is 62.1 Å². The SMILES string of the molecule is O=C(O)CC(CC(=O)Nc1cc(Cl)cc(Cl)c1)c1ccc(Cl)cc1Cl. The maximum absolute atomic E-state index is 12.3. The second kappa shape index (κ2) is 8.77. The molecule has 0 saturated heterocycles. The Morgan fingerprint density at radius 1 is 0.920 bits per heavy atom. The lowest BCUT2D eigenvalue weighted by Gasteiger charge is -2.17.